The molecule has 0 unspecified atom stereocenters. The Morgan fingerprint density at radius 1 is 1.38 bits per heavy atom. The lowest BCUT2D eigenvalue weighted by molar-refractivity contribution is -0.0583. The van der Waals surface area contributed by atoms with E-state index in [1.165, 1.54) is 6.92 Å². The van der Waals surface area contributed by atoms with Crippen molar-refractivity contribution in [3.63, 3.8) is 0 Å². The van der Waals surface area contributed by atoms with Crippen molar-refractivity contribution in [2.45, 2.75) is 46.1 Å². The highest BCUT2D eigenvalue weighted by Crippen LogP contribution is 2.30. The fraction of sp³-hybridized carbons (Fsp3) is 0.727. The Kier molecular flexibility index (Phi) is 4.18. The Balaban J connectivity index is 3.05. The molecule has 0 radical (unpaired) electrons. The topological polar surface area (TPSA) is 65.2 Å². The van der Waals surface area contributed by atoms with Crippen LogP contribution in [-0.4, -0.2) is 22.5 Å². The van der Waals surface area contributed by atoms with Crippen molar-refractivity contribution in [2.24, 2.45) is 0 Å². The molecule has 0 aliphatic rings. The predicted molar refractivity (Wildman–Crippen MR) is 58.2 cm³/mol. The Morgan fingerprint density at radius 2 is 2.00 bits per heavy atom. The molecule has 1 aromatic heterocycles. The highest BCUT2D eigenvalue weighted by Gasteiger charge is 2.34. The fourth-order valence-corrected chi connectivity index (χ4v) is 1.66. The van der Waals surface area contributed by atoms with Gasteiger partial charge in [-0.15, -0.1) is 0 Å². The second kappa shape index (κ2) is 5.21. The van der Waals surface area contributed by atoms with E-state index in [0.29, 0.717) is 12.4 Å². The van der Waals surface area contributed by atoms with Gasteiger partial charge < -0.3 is 9.26 Å². The number of carbonyl (C=O) groups is 1. The Bertz CT molecular complexity index is 356. The standard InChI is InChI=1S/C11H18N2O3/c1-5-11(6-2,15-7-3)10-12-9(8(4)14)16-13-10/h5-7H2,1-4H3. The minimum absolute atomic E-state index is 0.0426. The largest absolute Gasteiger partial charge is 0.367 e. The van der Waals surface area contributed by atoms with Crippen LogP contribution in [0.2, 0.25) is 0 Å². The Hall–Kier alpha value is -1.23. The normalized spacial score (nSPS) is 11.8. The molecule has 5 heteroatoms. The van der Waals surface area contributed by atoms with Crippen LogP contribution in [0.25, 0.3) is 0 Å². The zero-order valence-corrected chi connectivity index (χ0v) is 10.2. The van der Waals surface area contributed by atoms with Crippen LogP contribution in [0.1, 0.15) is 57.0 Å². The Labute approximate surface area is 95.2 Å². The van der Waals surface area contributed by atoms with Crippen LogP contribution in [0.5, 0.6) is 0 Å². The molecule has 5 nitrogen and oxygen atoms in total. The Morgan fingerprint density at radius 3 is 2.38 bits per heavy atom. The zero-order chi connectivity index (χ0) is 12.2. The maximum absolute atomic E-state index is 11.1. The van der Waals surface area contributed by atoms with E-state index >= 15 is 0 Å². The van der Waals surface area contributed by atoms with E-state index in [-0.39, 0.29) is 11.7 Å². The second-order valence-electron chi connectivity index (χ2n) is 3.61. The molecule has 0 atom stereocenters. The van der Waals surface area contributed by atoms with Crippen LogP contribution in [0.3, 0.4) is 0 Å². The molecule has 16 heavy (non-hydrogen) atoms. The smallest absolute Gasteiger partial charge is 0.293 e. The molecule has 0 amide bonds. The highest BCUT2D eigenvalue weighted by atomic mass is 16.5. The molecule has 1 aromatic rings. The van der Waals surface area contributed by atoms with Gasteiger partial charge in [-0.1, -0.05) is 19.0 Å². The van der Waals surface area contributed by atoms with Gasteiger partial charge >= 0.3 is 0 Å². The van der Waals surface area contributed by atoms with Crippen molar-refractivity contribution in [3.05, 3.63) is 11.7 Å². The second-order valence-corrected chi connectivity index (χ2v) is 3.61. The summed E-state index contributed by atoms with van der Waals surface area (Å²) in [5.41, 5.74) is -0.536. The summed E-state index contributed by atoms with van der Waals surface area (Å²) >= 11 is 0. The summed E-state index contributed by atoms with van der Waals surface area (Å²) in [5, 5.41) is 3.84. The van der Waals surface area contributed by atoms with Gasteiger partial charge in [0.2, 0.25) is 11.6 Å². The van der Waals surface area contributed by atoms with E-state index in [2.05, 4.69) is 10.1 Å². The minimum atomic E-state index is -0.536. The van der Waals surface area contributed by atoms with Gasteiger partial charge in [0, 0.05) is 13.5 Å². The lowest BCUT2D eigenvalue weighted by Gasteiger charge is -2.27. The number of Topliss-reactive ketones (excluding diaryl/α,β-unsaturated/α-hetero) is 1. The maximum atomic E-state index is 11.1. The first-order chi connectivity index (χ1) is 7.59. The van der Waals surface area contributed by atoms with Crippen molar-refractivity contribution in [1.82, 2.24) is 10.1 Å². The summed E-state index contributed by atoms with van der Waals surface area (Å²) in [7, 11) is 0. The fourth-order valence-electron chi connectivity index (χ4n) is 1.66. The van der Waals surface area contributed by atoms with Crippen LogP contribution in [0, 0.1) is 0 Å². The van der Waals surface area contributed by atoms with Gasteiger partial charge in [0.05, 0.1) is 0 Å². The van der Waals surface area contributed by atoms with Gasteiger partial charge in [-0.25, -0.2) is 0 Å². The molecule has 0 bridgehead atoms. The SMILES string of the molecule is CCOC(CC)(CC)c1noc(C(C)=O)n1. The highest BCUT2D eigenvalue weighted by molar-refractivity contribution is 5.89. The molecule has 0 saturated heterocycles. The molecule has 0 N–H and O–H groups in total. The molecule has 0 aliphatic carbocycles. The third kappa shape index (κ3) is 2.29. The van der Waals surface area contributed by atoms with Crippen LogP contribution in [0.4, 0.5) is 0 Å². The van der Waals surface area contributed by atoms with Crippen LogP contribution < -0.4 is 0 Å². The van der Waals surface area contributed by atoms with Crippen molar-refractivity contribution in [3.8, 4) is 0 Å². The summed E-state index contributed by atoms with van der Waals surface area (Å²) in [5.74, 6) is 0.280. The molecule has 0 fully saturated rings. The van der Waals surface area contributed by atoms with E-state index in [9.17, 15) is 4.79 Å². The molecule has 90 valence electrons. The lowest BCUT2D eigenvalue weighted by Crippen LogP contribution is -2.29. The number of hydrogen-bond acceptors (Lipinski definition) is 5. The molecule has 0 saturated carbocycles. The third-order valence-electron chi connectivity index (χ3n) is 2.70. The first-order valence-corrected chi connectivity index (χ1v) is 5.58. The summed E-state index contributed by atoms with van der Waals surface area (Å²) in [4.78, 5) is 15.2. The van der Waals surface area contributed by atoms with Crippen molar-refractivity contribution >= 4 is 5.78 Å². The summed E-state index contributed by atoms with van der Waals surface area (Å²) in [6.07, 6.45) is 1.49. The average molecular weight is 226 g/mol. The number of rotatable bonds is 6. The van der Waals surface area contributed by atoms with E-state index < -0.39 is 5.60 Å². The van der Waals surface area contributed by atoms with Gasteiger partial charge in [-0.05, 0) is 19.8 Å². The number of nitrogens with zero attached hydrogens (tertiary/aromatic N) is 2. The van der Waals surface area contributed by atoms with Crippen LogP contribution in [-0.2, 0) is 10.3 Å². The van der Waals surface area contributed by atoms with Crippen LogP contribution in [0.15, 0.2) is 4.52 Å². The first kappa shape index (κ1) is 12.8. The van der Waals surface area contributed by atoms with Crippen molar-refractivity contribution in [1.29, 1.82) is 0 Å². The molecular formula is C11H18N2O3. The van der Waals surface area contributed by atoms with Crippen molar-refractivity contribution in [2.75, 3.05) is 6.61 Å². The summed E-state index contributed by atoms with van der Waals surface area (Å²) < 4.78 is 10.6. The first-order valence-electron chi connectivity index (χ1n) is 5.58. The van der Waals surface area contributed by atoms with Crippen molar-refractivity contribution < 1.29 is 14.1 Å². The number of aromatic nitrogens is 2. The van der Waals surface area contributed by atoms with Gasteiger partial charge in [-0.3, -0.25) is 4.79 Å². The van der Waals surface area contributed by atoms with Gasteiger partial charge in [0.25, 0.3) is 5.89 Å². The number of ketones is 1. The van der Waals surface area contributed by atoms with E-state index in [1.54, 1.807) is 0 Å². The average Bonchev–Trinajstić information content (AvgIpc) is 2.76. The summed E-state index contributed by atoms with van der Waals surface area (Å²) in [6.45, 7) is 7.90. The van der Waals surface area contributed by atoms with E-state index in [1.807, 2.05) is 20.8 Å². The molecule has 1 rings (SSSR count). The third-order valence-corrected chi connectivity index (χ3v) is 2.70. The lowest BCUT2D eigenvalue weighted by atomic mass is 9.96. The number of hydrogen-bond donors (Lipinski definition) is 0. The van der Waals surface area contributed by atoms with Gasteiger partial charge in [0.15, 0.2) is 0 Å². The monoisotopic (exact) mass is 226 g/mol. The maximum Gasteiger partial charge on any atom is 0.293 e. The van der Waals surface area contributed by atoms with Gasteiger partial charge in [0.1, 0.15) is 5.60 Å². The van der Waals surface area contributed by atoms with E-state index in [4.69, 9.17) is 9.26 Å². The molecular weight excluding hydrogens is 208 g/mol. The van der Waals surface area contributed by atoms with E-state index in [0.717, 1.165) is 12.8 Å². The zero-order valence-electron chi connectivity index (χ0n) is 10.2. The predicted octanol–water partition coefficient (Wildman–Crippen LogP) is 2.32. The molecule has 1 heterocycles. The van der Waals surface area contributed by atoms with Gasteiger partial charge in [-0.2, -0.15) is 4.98 Å². The molecule has 0 spiro atoms. The van der Waals surface area contributed by atoms with Crippen LogP contribution >= 0.6 is 0 Å². The molecule has 0 aliphatic heterocycles. The summed E-state index contributed by atoms with van der Waals surface area (Å²) in [6, 6.07) is 0. The minimum Gasteiger partial charge on any atom is -0.367 e. The molecule has 0 aromatic carbocycles. The number of carbonyl (C=O) groups excluding carboxylic acids is 1. The number of ether oxygens (including phenoxy) is 1. The quantitative estimate of drug-likeness (QED) is 0.696.